The average Bonchev–Trinajstić information content (AvgIpc) is 3.37. The summed E-state index contributed by atoms with van der Waals surface area (Å²) in [5, 5.41) is 6.91. The Bertz CT molecular complexity index is 880. The Morgan fingerprint density at radius 2 is 1.87 bits per heavy atom. The molecule has 2 heterocycles. The molecule has 7 heteroatoms. The molecule has 4 rings (SSSR count). The molecule has 0 bridgehead atoms. The monoisotopic (exact) mass is 412 g/mol. The lowest BCUT2D eigenvalue weighted by atomic mass is 9.78. The van der Waals surface area contributed by atoms with Crippen LogP contribution in [0.4, 0.5) is 0 Å². The predicted octanol–water partition coefficient (Wildman–Crippen LogP) is 3.63. The van der Waals surface area contributed by atoms with Gasteiger partial charge >= 0.3 is 0 Å². The van der Waals surface area contributed by atoms with Crippen LogP contribution in [0.25, 0.3) is 0 Å². The molecular formula is C23H32N4O3. The molecule has 2 N–H and O–H groups in total. The SMILES string of the molecule is CCNC(=NCc1nc(C)c(C)o1)NCC1(c2ccc3c(c2)OCCO3)CCCC1. The van der Waals surface area contributed by atoms with E-state index < -0.39 is 0 Å². The summed E-state index contributed by atoms with van der Waals surface area (Å²) in [5.74, 6) is 3.99. The van der Waals surface area contributed by atoms with E-state index in [9.17, 15) is 0 Å². The fraction of sp³-hybridized carbons (Fsp3) is 0.565. The highest BCUT2D eigenvalue weighted by Gasteiger charge is 2.36. The van der Waals surface area contributed by atoms with E-state index in [1.807, 2.05) is 13.8 Å². The number of nitrogens with one attached hydrogen (secondary N) is 2. The van der Waals surface area contributed by atoms with Gasteiger partial charge in [0.2, 0.25) is 5.89 Å². The van der Waals surface area contributed by atoms with Gasteiger partial charge in [0.15, 0.2) is 17.5 Å². The zero-order valence-corrected chi connectivity index (χ0v) is 18.2. The highest BCUT2D eigenvalue weighted by molar-refractivity contribution is 5.79. The maximum Gasteiger partial charge on any atom is 0.216 e. The summed E-state index contributed by atoms with van der Waals surface area (Å²) >= 11 is 0. The Labute approximate surface area is 178 Å². The van der Waals surface area contributed by atoms with Crippen molar-refractivity contribution in [3.05, 3.63) is 41.1 Å². The van der Waals surface area contributed by atoms with Crippen LogP contribution in [0.5, 0.6) is 11.5 Å². The molecule has 0 saturated heterocycles. The van der Waals surface area contributed by atoms with Crippen molar-refractivity contribution >= 4 is 5.96 Å². The van der Waals surface area contributed by atoms with Crippen molar-refractivity contribution in [2.45, 2.75) is 58.4 Å². The predicted molar refractivity (Wildman–Crippen MR) is 116 cm³/mol. The Hall–Kier alpha value is -2.70. The van der Waals surface area contributed by atoms with Crippen LogP contribution in [-0.4, -0.2) is 37.2 Å². The Morgan fingerprint density at radius 1 is 1.10 bits per heavy atom. The van der Waals surface area contributed by atoms with Gasteiger partial charge in [0.25, 0.3) is 0 Å². The topological polar surface area (TPSA) is 80.9 Å². The second-order valence-electron chi connectivity index (χ2n) is 8.14. The molecule has 1 saturated carbocycles. The average molecular weight is 413 g/mol. The van der Waals surface area contributed by atoms with Gasteiger partial charge in [0.1, 0.15) is 25.5 Å². The van der Waals surface area contributed by atoms with E-state index in [1.54, 1.807) is 0 Å². The molecule has 1 aromatic carbocycles. The molecule has 0 spiro atoms. The number of hydrogen-bond donors (Lipinski definition) is 2. The molecule has 30 heavy (non-hydrogen) atoms. The van der Waals surface area contributed by atoms with Gasteiger partial charge in [-0.2, -0.15) is 0 Å². The molecule has 0 amide bonds. The van der Waals surface area contributed by atoms with Crippen molar-refractivity contribution in [1.82, 2.24) is 15.6 Å². The van der Waals surface area contributed by atoms with Gasteiger partial charge < -0.3 is 24.5 Å². The lowest BCUT2D eigenvalue weighted by Gasteiger charge is -2.32. The van der Waals surface area contributed by atoms with Gasteiger partial charge in [0, 0.05) is 18.5 Å². The first-order chi connectivity index (χ1) is 14.6. The van der Waals surface area contributed by atoms with Crippen molar-refractivity contribution < 1.29 is 13.9 Å². The van der Waals surface area contributed by atoms with Crippen LogP contribution in [0.3, 0.4) is 0 Å². The largest absolute Gasteiger partial charge is 0.486 e. The smallest absolute Gasteiger partial charge is 0.216 e. The highest BCUT2D eigenvalue weighted by atomic mass is 16.6. The molecule has 1 fully saturated rings. The number of aromatic nitrogens is 1. The molecule has 0 unspecified atom stereocenters. The second-order valence-corrected chi connectivity index (χ2v) is 8.14. The third-order valence-corrected chi connectivity index (χ3v) is 6.10. The van der Waals surface area contributed by atoms with E-state index in [0.717, 1.165) is 54.8 Å². The summed E-state index contributed by atoms with van der Waals surface area (Å²) in [7, 11) is 0. The van der Waals surface area contributed by atoms with Crippen molar-refractivity contribution in [3.63, 3.8) is 0 Å². The number of oxazole rings is 1. The summed E-state index contributed by atoms with van der Waals surface area (Å²) in [6, 6.07) is 6.42. The normalized spacial score (nSPS) is 17.8. The fourth-order valence-electron chi connectivity index (χ4n) is 4.34. The Kier molecular flexibility index (Phi) is 6.16. The van der Waals surface area contributed by atoms with Crippen LogP contribution in [0.15, 0.2) is 27.6 Å². The first kappa shape index (κ1) is 20.6. The summed E-state index contributed by atoms with van der Waals surface area (Å²) in [5.41, 5.74) is 2.30. The van der Waals surface area contributed by atoms with E-state index in [0.29, 0.717) is 25.6 Å². The van der Waals surface area contributed by atoms with Crippen molar-refractivity contribution in [2.75, 3.05) is 26.3 Å². The van der Waals surface area contributed by atoms with E-state index in [2.05, 4.69) is 45.7 Å². The van der Waals surface area contributed by atoms with Crippen molar-refractivity contribution in [2.24, 2.45) is 4.99 Å². The summed E-state index contributed by atoms with van der Waals surface area (Å²) < 4.78 is 17.2. The Morgan fingerprint density at radius 3 is 2.57 bits per heavy atom. The first-order valence-corrected chi connectivity index (χ1v) is 10.9. The van der Waals surface area contributed by atoms with Crippen LogP contribution in [0.2, 0.25) is 0 Å². The van der Waals surface area contributed by atoms with E-state index >= 15 is 0 Å². The molecule has 162 valence electrons. The number of guanidine groups is 1. The molecule has 0 atom stereocenters. The number of aryl methyl sites for hydroxylation is 2. The molecule has 1 aliphatic carbocycles. The molecule has 2 aliphatic rings. The van der Waals surface area contributed by atoms with E-state index in [4.69, 9.17) is 13.9 Å². The number of hydrogen-bond acceptors (Lipinski definition) is 5. The molecule has 7 nitrogen and oxygen atoms in total. The van der Waals surface area contributed by atoms with Crippen molar-refractivity contribution in [3.8, 4) is 11.5 Å². The molecule has 0 radical (unpaired) electrons. The Balaban J connectivity index is 1.49. The maximum absolute atomic E-state index is 5.83. The first-order valence-electron chi connectivity index (χ1n) is 10.9. The fourth-order valence-corrected chi connectivity index (χ4v) is 4.34. The zero-order valence-electron chi connectivity index (χ0n) is 18.2. The lowest BCUT2D eigenvalue weighted by molar-refractivity contribution is 0.171. The second kappa shape index (κ2) is 8.98. The number of rotatable bonds is 6. The minimum absolute atomic E-state index is 0.0716. The van der Waals surface area contributed by atoms with Gasteiger partial charge in [-0.15, -0.1) is 0 Å². The van der Waals surface area contributed by atoms with Crippen LogP contribution >= 0.6 is 0 Å². The van der Waals surface area contributed by atoms with Crippen LogP contribution in [0.1, 0.15) is 55.5 Å². The van der Waals surface area contributed by atoms with Crippen molar-refractivity contribution in [1.29, 1.82) is 0 Å². The van der Waals surface area contributed by atoms with Gasteiger partial charge in [-0.05, 0) is 51.3 Å². The zero-order chi connectivity index (χ0) is 21.0. The van der Waals surface area contributed by atoms with Gasteiger partial charge in [-0.1, -0.05) is 18.9 Å². The quantitative estimate of drug-likeness (QED) is 0.557. The molecule has 1 aliphatic heterocycles. The van der Waals surface area contributed by atoms with Crippen LogP contribution < -0.4 is 20.1 Å². The number of nitrogens with zero attached hydrogens (tertiary/aromatic N) is 2. The van der Waals surface area contributed by atoms with E-state index in [-0.39, 0.29) is 5.41 Å². The number of benzene rings is 1. The number of aliphatic imine (C=N–C) groups is 1. The molecule has 1 aromatic heterocycles. The number of ether oxygens (including phenoxy) is 2. The summed E-state index contributed by atoms with van der Waals surface area (Å²) in [4.78, 5) is 9.11. The maximum atomic E-state index is 5.83. The molecular weight excluding hydrogens is 380 g/mol. The summed E-state index contributed by atoms with van der Waals surface area (Å²) in [6.45, 7) is 9.21. The van der Waals surface area contributed by atoms with Gasteiger partial charge in [-0.25, -0.2) is 9.98 Å². The number of fused-ring (bicyclic) bond motifs is 1. The third-order valence-electron chi connectivity index (χ3n) is 6.10. The third kappa shape index (κ3) is 4.40. The highest BCUT2D eigenvalue weighted by Crippen LogP contribution is 2.43. The van der Waals surface area contributed by atoms with Crippen LogP contribution in [0, 0.1) is 13.8 Å². The minimum atomic E-state index is 0.0716. The van der Waals surface area contributed by atoms with Gasteiger partial charge in [0.05, 0.1) is 5.69 Å². The lowest BCUT2D eigenvalue weighted by Crippen LogP contribution is -2.44. The summed E-state index contributed by atoms with van der Waals surface area (Å²) in [6.07, 6.45) is 4.77. The minimum Gasteiger partial charge on any atom is -0.486 e. The molecule has 2 aromatic rings. The standard InChI is InChI=1S/C23H32N4O3/c1-4-24-22(25-14-21-27-16(2)17(3)30-21)26-15-23(9-5-6-10-23)18-7-8-19-20(13-18)29-12-11-28-19/h7-8,13H,4-6,9-12,14-15H2,1-3H3,(H2,24,25,26). The van der Waals surface area contributed by atoms with Gasteiger partial charge in [-0.3, -0.25) is 0 Å². The van der Waals surface area contributed by atoms with E-state index in [1.165, 1.54) is 18.4 Å². The van der Waals surface area contributed by atoms with Crippen LogP contribution in [-0.2, 0) is 12.0 Å².